The highest BCUT2D eigenvalue weighted by atomic mass is 32.1. The molecule has 0 fully saturated rings. The molecule has 2 heterocycles. The Kier molecular flexibility index (Phi) is 4.28. The number of nitrogens with zero attached hydrogens (tertiary/aromatic N) is 3. The quantitative estimate of drug-likeness (QED) is 0.858. The molecule has 7 heteroatoms. The van der Waals surface area contributed by atoms with Gasteiger partial charge in [0.15, 0.2) is 5.69 Å². The summed E-state index contributed by atoms with van der Waals surface area (Å²) in [4.78, 5) is 14.4. The summed E-state index contributed by atoms with van der Waals surface area (Å²) in [6.45, 7) is 5.02. The van der Waals surface area contributed by atoms with Crippen LogP contribution in [-0.4, -0.2) is 27.4 Å². The van der Waals surface area contributed by atoms with Crippen molar-refractivity contribution < 1.29 is 4.79 Å². The molecule has 2 rings (SSSR count). The molecule has 3 N–H and O–H groups in total. The average molecular weight is 279 g/mol. The van der Waals surface area contributed by atoms with Gasteiger partial charge >= 0.3 is 0 Å². The molecule has 1 atom stereocenters. The highest BCUT2D eigenvalue weighted by Crippen LogP contribution is 2.22. The molecular formula is C12H17N5OS. The molecule has 2 aromatic heterocycles. The van der Waals surface area contributed by atoms with Crippen molar-refractivity contribution in [2.75, 3.05) is 6.54 Å². The lowest BCUT2D eigenvalue weighted by atomic mass is 10.2. The summed E-state index contributed by atoms with van der Waals surface area (Å²) in [7, 11) is 0. The molecule has 0 bridgehead atoms. The summed E-state index contributed by atoms with van der Waals surface area (Å²) in [6, 6.07) is 4.03. The van der Waals surface area contributed by atoms with E-state index in [0.29, 0.717) is 18.8 Å². The average Bonchev–Trinajstić information content (AvgIpc) is 2.98. The largest absolute Gasteiger partial charge is 0.343 e. The Morgan fingerprint density at radius 3 is 3.00 bits per heavy atom. The van der Waals surface area contributed by atoms with Gasteiger partial charge in [-0.3, -0.25) is 9.48 Å². The number of aryl methyl sites for hydroxylation is 1. The zero-order chi connectivity index (χ0) is 13.8. The van der Waals surface area contributed by atoms with Crippen molar-refractivity contribution in [3.63, 3.8) is 0 Å². The number of nitrogens with one attached hydrogen (secondary N) is 1. The van der Waals surface area contributed by atoms with Gasteiger partial charge in [-0.15, -0.1) is 16.4 Å². The van der Waals surface area contributed by atoms with Gasteiger partial charge in [0.05, 0.1) is 18.8 Å². The van der Waals surface area contributed by atoms with Crippen molar-refractivity contribution in [2.45, 2.75) is 26.4 Å². The smallest absolute Gasteiger partial charge is 0.273 e. The highest BCUT2D eigenvalue weighted by molar-refractivity contribution is 7.12. The van der Waals surface area contributed by atoms with Crippen LogP contribution in [-0.2, 0) is 6.54 Å². The minimum atomic E-state index is -0.221. The van der Waals surface area contributed by atoms with Crippen molar-refractivity contribution in [3.8, 4) is 0 Å². The number of rotatable bonds is 5. The molecule has 6 nitrogen and oxygen atoms in total. The monoisotopic (exact) mass is 279 g/mol. The molecular weight excluding hydrogens is 262 g/mol. The van der Waals surface area contributed by atoms with Crippen LogP contribution in [0.2, 0.25) is 0 Å². The van der Waals surface area contributed by atoms with Crippen LogP contribution < -0.4 is 11.1 Å². The zero-order valence-electron chi connectivity index (χ0n) is 11.0. The van der Waals surface area contributed by atoms with E-state index >= 15 is 0 Å². The van der Waals surface area contributed by atoms with E-state index in [1.807, 2.05) is 26.0 Å². The first-order chi connectivity index (χ1) is 9.10. The van der Waals surface area contributed by atoms with E-state index in [0.717, 1.165) is 4.88 Å². The minimum absolute atomic E-state index is 0.0362. The minimum Gasteiger partial charge on any atom is -0.343 e. The van der Waals surface area contributed by atoms with Gasteiger partial charge in [-0.1, -0.05) is 5.21 Å². The fourth-order valence-electron chi connectivity index (χ4n) is 1.67. The van der Waals surface area contributed by atoms with Gasteiger partial charge in [-0.25, -0.2) is 0 Å². The summed E-state index contributed by atoms with van der Waals surface area (Å²) in [5.74, 6) is -0.221. The number of amides is 1. The number of carbonyl (C=O) groups is 1. The summed E-state index contributed by atoms with van der Waals surface area (Å²) in [6.07, 6.45) is 1.61. The summed E-state index contributed by atoms with van der Waals surface area (Å²) < 4.78 is 1.56. The lowest BCUT2D eigenvalue weighted by Crippen LogP contribution is -2.26. The van der Waals surface area contributed by atoms with Crippen LogP contribution in [0.15, 0.2) is 18.3 Å². The Labute approximate surface area is 115 Å². The van der Waals surface area contributed by atoms with Crippen molar-refractivity contribution in [1.82, 2.24) is 20.3 Å². The van der Waals surface area contributed by atoms with Gasteiger partial charge in [-0.2, -0.15) is 0 Å². The first-order valence-corrected chi connectivity index (χ1v) is 6.89. The molecule has 0 radical (unpaired) electrons. The maximum Gasteiger partial charge on any atom is 0.273 e. The van der Waals surface area contributed by atoms with Gasteiger partial charge < -0.3 is 11.1 Å². The van der Waals surface area contributed by atoms with Crippen LogP contribution in [0.4, 0.5) is 0 Å². The van der Waals surface area contributed by atoms with Gasteiger partial charge in [0.2, 0.25) is 0 Å². The van der Waals surface area contributed by atoms with E-state index in [4.69, 9.17) is 5.73 Å². The predicted molar refractivity (Wildman–Crippen MR) is 74.0 cm³/mol. The second kappa shape index (κ2) is 5.94. The SMILES string of the molecule is Cc1ccc(C(C)NC(=O)c2cn(CCN)nn2)s1. The first-order valence-electron chi connectivity index (χ1n) is 6.07. The van der Waals surface area contributed by atoms with Crippen LogP contribution in [0.1, 0.15) is 33.2 Å². The summed E-state index contributed by atoms with van der Waals surface area (Å²) in [5, 5.41) is 10.6. The van der Waals surface area contributed by atoms with Gasteiger partial charge in [0.25, 0.3) is 5.91 Å². The number of aromatic nitrogens is 3. The van der Waals surface area contributed by atoms with Crippen molar-refractivity contribution in [2.24, 2.45) is 5.73 Å². The molecule has 2 aromatic rings. The number of hydrogen-bond donors (Lipinski definition) is 2. The molecule has 0 saturated heterocycles. The van der Waals surface area contributed by atoms with E-state index in [9.17, 15) is 4.79 Å². The van der Waals surface area contributed by atoms with Crippen LogP contribution in [0.25, 0.3) is 0 Å². The molecule has 0 aliphatic heterocycles. The van der Waals surface area contributed by atoms with Crippen LogP contribution in [0.5, 0.6) is 0 Å². The van der Waals surface area contributed by atoms with E-state index in [1.165, 1.54) is 4.88 Å². The molecule has 1 amide bonds. The topological polar surface area (TPSA) is 85.8 Å². The lowest BCUT2D eigenvalue weighted by molar-refractivity contribution is 0.0935. The second-order valence-electron chi connectivity index (χ2n) is 4.30. The Hall–Kier alpha value is -1.73. The number of thiophene rings is 1. The Bertz CT molecular complexity index is 562. The predicted octanol–water partition coefficient (Wildman–Crippen LogP) is 1.10. The third-order valence-electron chi connectivity index (χ3n) is 2.67. The van der Waals surface area contributed by atoms with E-state index in [1.54, 1.807) is 22.2 Å². The number of hydrogen-bond acceptors (Lipinski definition) is 5. The van der Waals surface area contributed by atoms with Crippen LogP contribution in [0.3, 0.4) is 0 Å². The fraction of sp³-hybridized carbons (Fsp3) is 0.417. The van der Waals surface area contributed by atoms with Gasteiger partial charge in [-0.05, 0) is 26.0 Å². The maximum atomic E-state index is 12.0. The van der Waals surface area contributed by atoms with E-state index in [2.05, 4.69) is 15.6 Å². The van der Waals surface area contributed by atoms with Crippen LogP contribution >= 0.6 is 11.3 Å². The normalized spacial score (nSPS) is 12.4. The molecule has 19 heavy (non-hydrogen) atoms. The Morgan fingerprint density at radius 1 is 1.58 bits per heavy atom. The van der Waals surface area contributed by atoms with Gasteiger partial charge in [0.1, 0.15) is 0 Å². The van der Waals surface area contributed by atoms with Crippen LogP contribution in [0, 0.1) is 6.92 Å². The number of nitrogens with two attached hydrogens (primary N) is 1. The van der Waals surface area contributed by atoms with Gasteiger partial charge in [0, 0.05) is 16.3 Å². The molecule has 0 aromatic carbocycles. The third-order valence-corrected chi connectivity index (χ3v) is 3.85. The highest BCUT2D eigenvalue weighted by Gasteiger charge is 2.15. The molecule has 0 saturated carbocycles. The van der Waals surface area contributed by atoms with E-state index < -0.39 is 0 Å². The summed E-state index contributed by atoms with van der Waals surface area (Å²) >= 11 is 1.67. The summed E-state index contributed by atoms with van der Waals surface area (Å²) in [5.41, 5.74) is 5.73. The third kappa shape index (κ3) is 3.39. The Morgan fingerprint density at radius 2 is 2.37 bits per heavy atom. The molecule has 0 aliphatic carbocycles. The van der Waals surface area contributed by atoms with Crippen molar-refractivity contribution >= 4 is 17.2 Å². The zero-order valence-corrected chi connectivity index (χ0v) is 11.8. The molecule has 102 valence electrons. The van der Waals surface area contributed by atoms with Crippen molar-refractivity contribution in [3.05, 3.63) is 33.8 Å². The fourth-order valence-corrected chi connectivity index (χ4v) is 2.55. The first kappa shape index (κ1) is 13.7. The van der Waals surface area contributed by atoms with Crippen molar-refractivity contribution in [1.29, 1.82) is 0 Å². The maximum absolute atomic E-state index is 12.0. The Balaban J connectivity index is 1.99. The standard InChI is InChI=1S/C12H17N5OS/c1-8-3-4-11(19-8)9(2)14-12(18)10-7-17(6-5-13)16-15-10/h3-4,7,9H,5-6,13H2,1-2H3,(H,14,18). The number of carbonyl (C=O) groups excluding carboxylic acids is 1. The molecule has 0 spiro atoms. The molecule has 1 unspecified atom stereocenters. The molecule has 0 aliphatic rings. The second-order valence-corrected chi connectivity index (χ2v) is 5.62. The van der Waals surface area contributed by atoms with E-state index in [-0.39, 0.29) is 11.9 Å². The lowest BCUT2D eigenvalue weighted by Gasteiger charge is -2.10.